The summed E-state index contributed by atoms with van der Waals surface area (Å²) in [6.45, 7) is 0. The van der Waals surface area contributed by atoms with E-state index in [0.29, 0.717) is 4.88 Å². The first kappa shape index (κ1) is 12.2. The Hall–Kier alpha value is -1.81. The average Bonchev–Trinajstić information content (AvgIpc) is 2.87. The van der Waals surface area contributed by atoms with Crippen molar-refractivity contribution < 1.29 is 13.2 Å². The van der Waals surface area contributed by atoms with E-state index in [9.17, 15) is 13.2 Å². The highest BCUT2D eigenvalue weighted by molar-refractivity contribution is 7.15. The Balaban J connectivity index is 2.17. The molecular formula is C15H9F3S. The smallest absolute Gasteiger partial charge is 0.165 e. The van der Waals surface area contributed by atoms with Crippen LogP contribution in [0.1, 0.15) is 4.88 Å². The second-order valence-corrected chi connectivity index (χ2v) is 5.27. The summed E-state index contributed by atoms with van der Waals surface area (Å²) in [5, 5.41) is 2.00. The number of hydrogen-bond acceptors (Lipinski definition) is 1. The molecular weight excluding hydrogens is 269 g/mol. The molecule has 96 valence electrons. The summed E-state index contributed by atoms with van der Waals surface area (Å²) in [4.78, 5) is 0.0829. The number of benzene rings is 2. The highest BCUT2D eigenvalue weighted by Crippen LogP contribution is 2.40. The molecule has 4 heteroatoms. The summed E-state index contributed by atoms with van der Waals surface area (Å²) in [5.74, 6) is 0. The van der Waals surface area contributed by atoms with Gasteiger partial charge in [-0.05, 0) is 28.5 Å². The molecule has 0 amide bonds. The van der Waals surface area contributed by atoms with Crippen molar-refractivity contribution in [3.8, 4) is 10.4 Å². The fourth-order valence-electron chi connectivity index (χ4n) is 2.08. The zero-order valence-corrected chi connectivity index (χ0v) is 10.6. The molecule has 19 heavy (non-hydrogen) atoms. The van der Waals surface area contributed by atoms with Gasteiger partial charge in [0.15, 0.2) is 0 Å². The Morgan fingerprint density at radius 3 is 2.26 bits per heavy atom. The van der Waals surface area contributed by atoms with Gasteiger partial charge in [0.05, 0.1) is 0 Å². The van der Waals surface area contributed by atoms with Gasteiger partial charge in [-0.1, -0.05) is 42.5 Å². The van der Waals surface area contributed by atoms with Gasteiger partial charge < -0.3 is 0 Å². The summed E-state index contributed by atoms with van der Waals surface area (Å²) in [5.41, 5.74) is 0.846. The average molecular weight is 278 g/mol. The van der Waals surface area contributed by atoms with Crippen LogP contribution in [0.2, 0.25) is 0 Å². The van der Waals surface area contributed by atoms with Crippen molar-refractivity contribution in [3.05, 3.63) is 59.5 Å². The molecule has 2 aromatic carbocycles. The fraction of sp³-hybridized carbons (Fsp3) is 0.0667. The molecule has 1 aromatic heterocycles. The van der Waals surface area contributed by atoms with Crippen LogP contribution < -0.4 is 0 Å². The number of thiophene rings is 1. The van der Waals surface area contributed by atoms with Crippen LogP contribution in [0, 0.1) is 0 Å². The molecule has 0 saturated heterocycles. The Labute approximate surface area is 112 Å². The normalized spacial score (nSPS) is 11.9. The van der Waals surface area contributed by atoms with Gasteiger partial charge in [0.2, 0.25) is 0 Å². The maximum absolute atomic E-state index is 12.6. The molecule has 0 aliphatic rings. The first-order chi connectivity index (χ1) is 9.05. The highest BCUT2D eigenvalue weighted by Gasteiger charge is 2.32. The number of alkyl halides is 3. The monoisotopic (exact) mass is 278 g/mol. The zero-order valence-electron chi connectivity index (χ0n) is 9.74. The van der Waals surface area contributed by atoms with E-state index in [0.717, 1.165) is 33.7 Å². The van der Waals surface area contributed by atoms with Crippen molar-refractivity contribution in [2.75, 3.05) is 0 Å². The van der Waals surface area contributed by atoms with Gasteiger partial charge in [-0.2, -0.15) is 13.2 Å². The van der Waals surface area contributed by atoms with Crippen LogP contribution in [0.3, 0.4) is 0 Å². The second-order valence-electron chi connectivity index (χ2n) is 4.19. The van der Waals surface area contributed by atoms with Gasteiger partial charge in [-0.15, -0.1) is 11.3 Å². The van der Waals surface area contributed by atoms with E-state index in [1.54, 1.807) is 0 Å². The Morgan fingerprint density at radius 2 is 1.53 bits per heavy atom. The van der Waals surface area contributed by atoms with Gasteiger partial charge in [0.25, 0.3) is 0 Å². The number of halogens is 3. The van der Waals surface area contributed by atoms with Gasteiger partial charge in [-0.25, -0.2) is 0 Å². The summed E-state index contributed by atoms with van der Waals surface area (Å²) in [7, 11) is 0. The zero-order chi connectivity index (χ0) is 13.5. The fourth-order valence-corrected chi connectivity index (χ4v) is 2.99. The van der Waals surface area contributed by atoms with Crippen LogP contribution in [-0.2, 0) is 6.18 Å². The third-order valence-electron chi connectivity index (χ3n) is 2.94. The van der Waals surface area contributed by atoms with Crippen molar-refractivity contribution in [2.45, 2.75) is 6.18 Å². The van der Waals surface area contributed by atoms with Gasteiger partial charge in [0.1, 0.15) is 4.88 Å². The predicted molar refractivity (Wildman–Crippen MR) is 72.3 cm³/mol. The van der Waals surface area contributed by atoms with E-state index in [1.807, 2.05) is 42.5 Å². The maximum atomic E-state index is 12.6. The van der Waals surface area contributed by atoms with E-state index < -0.39 is 11.1 Å². The lowest BCUT2D eigenvalue weighted by molar-refractivity contribution is -0.134. The first-order valence-corrected chi connectivity index (χ1v) is 6.52. The van der Waals surface area contributed by atoms with E-state index in [2.05, 4.69) is 0 Å². The van der Waals surface area contributed by atoms with E-state index in [1.165, 1.54) is 6.07 Å². The molecule has 0 aliphatic carbocycles. The SMILES string of the molecule is FC(F)(F)c1ccc(-c2cccc3ccccc23)s1. The van der Waals surface area contributed by atoms with Gasteiger partial charge in [0, 0.05) is 4.88 Å². The van der Waals surface area contributed by atoms with Gasteiger partial charge in [-0.3, -0.25) is 0 Å². The van der Waals surface area contributed by atoms with Crippen molar-refractivity contribution >= 4 is 22.1 Å². The predicted octanol–water partition coefficient (Wildman–Crippen LogP) is 5.59. The Morgan fingerprint density at radius 1 is 0.789 bits per heavy atom. The van der Waals surface area contributed by atoms with Crippen LogP contribution in [0.4, 0.5) is 13.2 Å². The molecule has 0 saturated carbocycles. The van der Waals surface area contributed by atoms with Crippen LogP contribution in [0.5, 0.6) is 0 Å². The van der Waals surface area contributed by atoms with Crippen LogP contribution >= 0.6 is 11.3 Å². The summed E-state index contributed by atoms with van der Waals surface area (Å²) in [6.07, 6.45) is -4.27. The standard InChI is InChI=1S/C15H9F3S/c16-15(17,18)14-9-8-13(19-14)12-7-3-5-10-4-1-2-6-11(10)12/h1-9H. The lowest BCUT2D eigenvalue weighted by Gasteiger charge is -2.04. The molecule has 0 unspecified atom stereocenters. The lowest BCUT2D eigenvalue weighted by atomic mass is 10.0. The minimum Gasteiger partial charge on any atom is -0.165 e. The molecule has 1 heterocycles. The number of fused-ring (bicyclic) bond motifs is 1. The maximum Gasteiger partial charge on any atom is 0.425 e. The number of rotatable bonds is 1. The molecule has 0 spiro atoms. The van der Waals surface area contributed by atoms with Gasteiger partial charge >= 0.3 is 6.18 Å². The Kier molecular flexibility index (Phi) is 2.82. The van der Waals surface area contributed by atoms with Crippen LogP contribution in [-0.4, -0.2) is 0 Å². The minimum absolute atomic E-state index is 0.560. The van der Waals surface area contributed by atoms with Crippen molar-refractivity contribution in [1.29, 1.82) is 0 Å². The lowest BCUT2D eigenvalue weighted by Crippen LogP contribution is -2.00. The molecule has 0 atom stereocenters. The molecule has 0 N–H and O–H groups in total. The van der Waals surface area contributed by atoms with Crippen LogP contribution in [0.25, 0.3) is 21.2 Å². The van der Waals surface area contributed by atoms with Crippen molar-refractivity contribution in [3.63, 3.8) is 0 Å². The first-order valence-electron chi connectivity index (χ1n) is 5.71. The Bertz CT molecular complexity index is 720. The van der Waals surface area contributed by atoms with E-state index in [4.69, 9.17) is 0 Å². The third-order valence-corrected chi connectivity index (χ3v) is 4.10. The molecule has 0 radical (unpaired) electrons. The van der Waals surface area contributed by atoms with E-state index in [-0.39, 0.29) is 0 Å². The third kappa shape index (κ3) is 2.24. The topological polar surface area (TPSA) is 0 Å². The summed E-state index contributed by atoms with van der Waals surface area (Å²) < 4.78 is 37.9. The molecule has 0 fully saturated rings. The van der Waals surface area contributed by atoms with Crippen molar-refractivity contribution in [1.82, 2.24) is 0 Å². The largest absolute Gasteiger partial charge is 0.425 e. The molecule has 3 aromatic rings. The van der Waals surface area contributed by atoms with E-state index >= 15 is 0 Å². The molecule has 3 rings (SSSR count). The minimum atomic E-state index is -4.27. The summed E-state index contributed by atoms with van der Waals surface area (Å²) in [6, 6.07) is 16.0. The summed E-state index contributed by atoms with van der Waals surface area (Å²) >= 11 is 0.783. The second kappa shape index (κ2) is 4.38. The molecule has 0 nitrogen and oxygen atoms in total. The van der Waals surface area contributed by atoms with Crippen molar-refractivity contribution in [2.24, 2.45) is 0 Å². The molecule has 0 bridgehead atoms. The quantitative estimate of drug-likeness (QED) is 0.544. The number of hydrogen-bond donors (Lipinski definition) is 0. The highest BCUT2D eigenvalue weighted by atomic mass is 32.1. The van der Waals surface area contributed by atoms with Crippen LogP contribution in [0.15, 0.2) is 54.6 Å². The molecule has 0 aliphatic heterocycles.